The zero-order valence-corrected chi connectivity index (χ0v) is 22.4. The van der Waals surface area contributed by atoms with Crippen molar-refractivity contribution < 1.29 is 4.74 Å². The lowest BCUT2D eigenvalue weighted by Crippen LogP contribution is -2.50. The first kappa shape index (κ1) is 24.1. The maximum atomic E-state index is 6.65. The van der Waals surface area contributed by atoms with Gasteiger partial charge in [0.15, 0.2) is 0 Å². The van der Waals surface area contributed by atoms with Crippen LogP contribution in [0.3, 0.4) is 0 Å². The molecule has 7 heteroatoms. The number of ether oxygens (including phenoxy) is 1. The lowest BCUT2D eigenvalue weighted by molar-refractivity contribution is 0.418. The Kier molecular flexibility index (Phi) is 6.16. The average molecular weight is 519 g/mol. The molecule has 3 fully saturated rings. The Balaban J connectivity index is 1.23. The summed E-state index contributed by atoms with van der Waals surface area (Å²) in [5.74, 6) is 2.62. The molecule has 4 aromatic rings. The van der Waals surface area contributed by atoms with Gasteiger partial charge in [-0.1, -0.05) is 37.3 Å². The molecule has 198 valence electrons. The molecule has 4 heterocycles. The van der Waals surface area contributed by atoms with Gasteiger partial charge in [0.2, 0.25) is 11.8 Å². The predicted molar refractivity (Wildman–Crippen MR) is 156 cm³/mol. The third-order valence-corrected chi connectivity index (χ3v) is 8.53. The summed E-state index contributed by atoms with van der Waals surface area (Å²) in [6.07, 6.45) is 9.60. The summed E-state index contributed by atoms with van der Waals surface area (Å²) in [4.78, 5) is 16.4. The maximum absolute atomic E-state index is 6.65. The molecule has 3 atom stereocenters. The van der Waals surface area contributed by atoms with Crippen LogP contribution >= 0.6 is 0 Å². The van der Waals surface area contributed by atoms with Crippen LogP contribution < -0.4 is 20.3 Å². The minimum absolute atomic E-state index is 0.327. The van der Waals surface area contributed by atoms with E-state index in [4.69, 9.17) is 9.72 Å². The number of pyridine rings is 1. The molecule has 7 rings (SSSR count). The van der Waals surface area contributed by atoms with Crippen LogP contribution in [0.4, 0.5) is 11.6 Å². The van der Waals surface area contributed by atoms with Crippen LogP contribution in [0.15, 0.2) is 73.2 Å². The van der Waals surface area contributed by atoms with Gasteiger partial charge in [0.1, 0.15) is 5.75 Å². The molecule has 2 aliphatic heterocycles. The summed E-state index contributed by atoms with van der Waals surface area (Å²) < 4.78 is 6.65. The standard InChI is InChI=1S/C32H34N6O/c1-20-13-14-24-25(9-4-12-29(24)38-21(2)23-8-3-11-28(23)38)30(20)39-31-26(10-6-17-34-31)27-15-18-35-32(37-27)36-22-7-5-16-33-19-22/h4,6,9-10,12-15,17-18,22-23,28,33H,2-3,5,7-8,11,16,19H2,1H3,(H,35,36,37)/t22-,23?,28?/m0/s1. The number of anilines is 2. The van der Waals surface area contributed by atoms with Crippen molar-refractivity contribution in [3.8, 4) is 22.9 Å². The summed E-state index contributed by atoms with van der Waals surface area (Å²) >= 11 is 0. The van der Waals surface area contributed by atoms with E-state index in [2.05, 4.69) is 69.3 Å². The molecule has 2 saturated heterocycles. The number of hydrogen-bond acceptors (Lipinski definition) is 7. The van der Waals surface area contributed by atoms with E-state index in [1.54, 1.807) is 12.4 Å². The number of nitrogens with one attached hydrogen (secondary N) is 2. The van der Waals surface area contributed by atoms with Crippen LogP contribution in [-0.4, -0.2) is 40.1 Å². The van der Waals surface area contributed by atoms with Gasteiger partial charge < -0.3 is 20.3 Å². The number of rotatable bonds is 6. The number of piperidine rings is 1. The normalized spacial score (nSPS) is 22.4. The molecule has 0 bridgehead atoms. The molecule has 3 aliphatic rings. The van der Waals surface area contributed by atoms with Crippen LogP contribution in [0, 0.1) is 12.8 Å². The molecule has 2 unspecified atom stereocenters. The maximum Gasteiger partial charge on any atom is 0.228 e. The van der Waals surface area contributed by atoms with E-state index in [1.165, 1.54) is 36.0 Å². The molecular formula is C32H34N6O. The molecule has 0 spiro atoms. The van der Waals surface area contributed by atoms with E-state index in [-0.39, 0.29) is 0 Å². The summed E-state index contributed by atoms with van der Waals surface area (Å²) in [6.45, 7) is 8.50. The van der Waals surface area contributed by atoms with E-state index in [0.717, 1.165) is 53.9 Å². The third kappa shape index (κ3) is 4.31. The zero-order valence-electron chi connectivity index (χ0n) is 22.4. The van der Waals surface area contributed by atoms with Gasteiger partial charge >= 0.3 is 0 Å². The fourth-order valence-electron chi connectivity index (χ4n) is 6.55. The average Bonchev–Trinajstić information content (AvgIpc) is 3.40. The van der Waals surface area contributed by atoms with Crippen molar-refractivity contribution in [2.75, 3.05) is 23.3 Å². The van der Waals surface area contributed by atoms with Gasteiger partial charge in [-0.15, -0.1) is 0 Å². The molecular weight excluding hydrogens is 484 g/mol. The smallest absolute Gasteiger partial charge is 0.228 e. The molecule has 1 saturated carbocycles. The Labute approximate surface area is 229 Å². The molecule has 2 aromatic heterocycles. The number of aryl methyl sites for hydroxylation is 1. The molecule has 2 N–H and O–H groups in total. The highest BCUT2D eigenvalue weighted by Crippen LogP contribution is 2.51. The van der Waals surface area contributed by atoms with E-state index in [1.807, 2.05) is 18.2 Å². The molecule has 39 heavy (non-hydrogen) atoms. The summed E-state index contributed by atoms with van der Waals surface area (Å²) in [7, 11) is 0. The van der Waals surface area contributed by atoms with Crippen molar-refractivity contribution in [2.45, 2.75) is 51.1 Å². The Morgan fingerprint density at radius 2 is 1.92 bits per heavy atom. The van der Waals surface area contributed by atoms with Gasteiger partial charge in [-0.3, -0.25) is 0 Å². The topological polar surface area (TPSA) is 75.2 Å². The van der Waals surface area contributed by atoms with Crippen LogP contribution in [0.1, 0.15) is 37.7 Å². The van der Waals surface area contributed by atoms with Gasteiger partial charge in [-0.05, 0) is 69.0 Å². The molecule has 7 nitrogen and oxygen atoms in total. The minimum atomic E-state index is 0.327. The van der Waals surface area contributed by atoms with Gasteiger partial charge in [0, 0.05) is 59.1 Å². The number of nitrogens with zero attached hydrogens (tertiary/aromatic N) is 4. The second-order valence-corrected chi connectivity index (χ2v) is 11.0. The number of benzene rings is 2. The first-order chi connectivity index (χ1) is 19.2. The zero-order chi connectivity index (χ0) is 26.3. The predicted octanol–water partition coefficient (Wildman–Crippen LogP) is 6.46. The monoisotopic (exact) mass is 518 g/mol. The van der Waals surface area contributed by atoms with Gasteiger partial charge in [0.25, 0.3) is 0 Å². The van der Waals surface area contributed by atoms with Gasteiger partial charge in [-0.25, -0.2) is 15.0 Å². The largest absolute Gasteiger partial charge is 0.437 e. The second-order valence-electron chi connectivity index (χ2n) is 11.0. The van der Waals surface area contributed by atoms with Crippen molar-refractivity contribution in [1.82, 2.24) is 20.3 Å². The fraction of sp³-hybridized carbons (Fsp3) is 0.344. The number of hydrogen-bond donors (Lipinski definition) is 2. The minimum Gasteiger partial charge on any atom is -0.437 e. The number of aromatic nitrogens is 3. The van der Waals surface area contributed by atoms with Crippen LogP contribution in [0.25, 0.3) is 22.0 Å². The Bertz CT molecular complexity index is 1550. The fourth-order valence-corrected chi connectivity index (χ4v) is 6.55. The Morgan fingerprint density at radius 1 is 0.974 bits per heavy atom. The van der Waals surface area contributed by atoms with E-state index < -0.39 is 0 Å². The molecule has 1 aliphatic carbocycles. The summed E-state index contributed by atoms with van der Waals surface area (Å²) in [5, 5.41) is 9.17. The lowest BCUT2D eigenvalue weighted by atomic mass is 9.86. The van der Waals surface area contributed by atoms with Crippen molar-refractivity contribution in [2.24, 2.45) is 5.92 Å². The third-order valence-electron chi connectivity index (χ3n) is 8.53. The second kappa shape index (κ2) is 9.97. The molecule has 2 aromatic carbocycles. The van der Waals surface area contributed by atoms with Crippen molar-refractivity contribution in [1.29, 1.82) is 0 Å². The number of fused-ring (bicyclic) bond motifs is 2. The van der Waals surface area contributed by atoms with Crippen LogP contribution in [0.2, 0.25) is 0 Å². The molecule has 0 radical (unpaired) electrons. The van der Waals surface area contributed by atoms with Gasteiger partial charge in [0.05, 0.1) is 11.3 Å². The Hall–Kier alpha value is -3.97. The van der Waals surface area contributed by atoms with E-state index >= 15 is 0 Å². The van der Waals surface area contributed by atoms with Crippen molar-refractivity contribution in [3.63, 3.8) is 0 Å². The first-order valence-corrected chi connectivity index (χ1v) is 14.1. The van der Waals surface area contributed by atoms with Crippen molar-refractivity contribution >= 4 is 22.4 Å². The van der Waals surface area contributed by atoms with E-state index in [0.29, 0.717) is 29.8 Å². The summed E-state index contributed by atoms with van der Waals surface area (Å²) in [5.41, 5.74) is 5.14. The Morgan fingerprint density at radius 3 is 2.82 bits per heavy atom. The SMILES string of the molecule is C=C1C2CCCC2N1c1cccc2c(Oc3ncccc3-c3ccnc(N[C@H]4CCCNC4)n3)c(C)ccc12. The molecule has 0 amide bonds. The van der Waals surface area contributed by atoms with Gasteiger partial charge in [-0.2, -0.15) is 0 Å². The lowest BCUT2D eigenvalue weighted by Gasteiger charge is -2.48. The quantitative estimate of drug-likeness (QED) is 0.303. The van der Waals surface area contributed by atoms with Crippen LogP contribution in [-0.2, 0) is 0 Å². The first-order valence-electron chi connectivity index (χ1n) is 14.1. The van der Waals surface area contributed by atoms with E-state index in [9.17, 15) is 0 Å². The highest BCUT2D eigenvalue weighted by atomic mass is 16.5. The van der Waals surface area contributed by atoms with Crippen LogP contribution in [0.5, 0.6) is 11.6 Å². The highest BCUT2D eigenvalue weighted by molar-refractivity contribution is 6.00. The summed E-state index contributed by atoms with van der Waals surface area (Å²) in [6, 6.07) is 17.6. The van der Waals surface area contributed by atoms with Crippen molar-refractivity contribution in [3.05, 3.63) is 78.8 Å². The highest BCUT2D eigenvalue weighted by Gasteiger charge is 2.46.